The number of hydrogen-bond donors (Lipinski definition) is 2. The third-order valence-electron chi connectivity index (χ3n) is 2.58. The molecule has 0 saturated carbocycles. The molecule has 0 aromatic heterocycles. The van der Waals surface area contributed by atoms with Crippen LogP contribution in [0.15, 0.2) is 0 Å². The van der Waals surface area contributed by atoms with Gasteiger partial charge in [-0.05, 0) is 25.0 Å². The summed E-state index contributed by atoms with van der Waals surface area (Å²) in [5.74, 6) is 1.38. The van der Waals surface area contributed by atoms with E-state index in [2.05, 4.69) is 12.6 Å². The van der Waals surface area contributed by atoms with E-state index in [0.717, 1.165) is 12.3 Å². The first-order valence-corrected chi connectivity index (χ1v) is 5.33. The quantitative estimate of drug-likeness (QED) is 0.655. The number of aliphatic hydroxyl groups is 1. The van der Waals surface area contributed by atoms with Crippen LogP contribution in [-0.4, -0.2) is 40.9 Å². The van der Waals surface area contributed by atoms with Crippen LogP contribution in [0, 0.1) is 5.92 Å². The summed E-state index contributed by atoms with van der Waals surface area (Å²) in [5, 5.41) is 8.75. The van der Waals surface area contributed by atoms with Gasteiger partial charge in [0.15, 0.2) is 0 Å². The van der Waals surface area contributed by atoms with Crippen molar-refractivity contribution in [1.82, 2.24) is 4.90 Å². The maximum atomic E-state index is 11.5. The van der Waals surface area contributed by atoms with Crippen molar-refractivity contribution in [2.24, 2.45) is 5.92 Å². The average molecular weight is 203 g/mol. The molecule has 0 aromatic rings. The highest BCUT2D eigenvalue weighted by Gasteiger charge is 2.31. The number of likely N-dealkylation sites (tertiary alicyclic amines) is 1. The third kappa shape index (κ3) is 2.61. The molecule has 0 bridgehead atoms. The van der Waals surface area contributed by atoms with Gasteiger partial charge in [-0.15, -0.1) is 0 Å². The number of amides is 1. The Morgan fingerprint density at radius 1 is 1.77 bits per heavy atom. The maximum absolute atomic E-state index is 11.5. The summed E-state index contributed by atoms with van der Waals surface area (Å²) >= 11 is 4.19. The molecule has 1 aliphatic rings. The fraction of sp³-hybridized carbons (Fsp3) is 0.889. The average Bonchev–Trinajstić information content (AvgIpc) is 2.47. The molecule has 0 spiro atoms. The Morgan fingerprint density at radius 3 is 2.92 bits per heavy atom. The van der Waals surface area contributed by atoms with Crippen molar-refractivity contribution in [3.8, 4) is 0 Å². The second-order valence-electron chi connectivity index (χ2n) is 3.66. The molecule has 0 aromatic carbocycles. The molecular formula is C9H17NO2S. The number of nitrogens with zero attached hydrogens (tertiary/aromatic N) is 1. The molecule has 1 aliphatic heterocycles. The number of aliphatic hydroxyl groups excluding tert-OH is 1. The van der Waals surface area contributed by atoms with E-state index in [1.165, 1.54) is 0 Å². The molecule has 2 atom stereocenters. The van der Waals surface area contributed by atoms with Gasteiger partial charge in [0.2, 0.25) is 5.91 Å². The SMILES string of the molecule is C[C@H](CCO)N1CC(CS)CC1=O. The first kappa shape index (κ1) is 10.9. The van der Waals surface area contributed by atoms with Crippen LogP contribution in [0.4, 0.5) is 0 Å². The van der Waals surface area contributed by atoms with E-state index in [9.17, 15) is 4.79 Å². The largest absolute Gasteiger partial charge is 0.396 e. The van der Waals surface area contributed by atoms with Crippen LogP contribution in [0.2, 0.25) is 0 Å². The number of carbonyl (C=O) groups is 1. The van der Waals surface area contributed by atoms with Crippen LogP contribution in [0.3, 0.4) is 0 Å². The van der Waals surface area contributed by atoms with E-state index < -0.39 is 0 Å². The van der Waals surface area contributed by atoms with Gasteiger partial charge in [-0.3, -0.25) is 4.79 Å². The Bertz CT molecular complexity index is 186. The van der Waals surface area contributed by atoms with Crippen molar-refractivity contribution < 1.29 is 9.90 Å². The molecule has 1 unspecified atom stereocenters. The highest BCUT2D eigenvalue weighted by Crippen LogP contribution is 2.21. The van der Waals surface area contributed by atoms with Crippen LogP contribution in [-0.2, 0) is 4.79 Å². The summed E-state index contributed by atoms with van der Waals surface area (Å²) in [4.78, 5) is 13.3. The van der Waals surface area contributed by atoms with E-state index >= 15 is 0 Å². The standard InChI is InChI=1S/C9H17NO2S/c1-7(2-3-11)10-5-8(6-13)4-9(10)12/h7-8,11,13H,2-6H2,1H3/t7-,8?/m1/s1. The number of rotatable bonds is 4. The minimum Gasteiger partial charge on any atom is -0.396 e. The first-order valence-electron chi connectivity index (χ1n) is 4.70. The minimum atomic E-state index is 0.149. The minimum absolute atomic E-state index is 0.149. The molecule has 76 valence electrons. The zero-order valence-corrected chi connectivity index (χ0v) is 8.83. The van der Waals surface area contributed by atoms with Crippen molar-refractivity contribution in [2.75, 3.05) is 18.9 Å². The highest BCUT2D eigenvalue weighted by atomic mass is 32.1. The van der Waals surface area contributed by atoms with Crippen LogP contribution in [0.25, 0.3) is 0 Å². The van der Waals surface area contributed by atoms with Crippen molar-refractivity contribution in [3.63, 3.8) is 0 Å². The summed E-state index contributed by atoms with van der Waals surface area (Å²) in [6.45, 7) is 2.94. The van der Waals surface area contributed by atoms with Gasteiger partial charge in [-0.2, -0.15) is 12.6 Å². The summed E-state index contributed by atoms with van der Waals surface area (Å²) in [6.07, 6.45) is 1.30. The van der Waals surface area contributed by atoms with E-state index in [4.69, 9.17) is 5.11 Å². The van der Waals surface area contributed by atoms with Gasteiger partial charge >= 0.3 is 0 Å². The lowest BCUT2D eigenvalue weighted by molar-refractivity contribution is -0.129. The number of hydrogen-bond acceptors (Lipinski definition) is 3. The van der Waals surface area contributed by atoms with E-state index in [1.54, 1.807) is 0 Å². The summed E-state index contributed by atoms with van der Waals surface area (Å²) < 4.78 is 0. The molecule has 0 radical (unpaired) electrons. The molecule has 1 saturated heterocycles. The summed E-state index contributed by atoms with van der Waals surface area (Å²) in [5.41, 5.74) is 0. The number of carbonyl (C=O) groups excluding carboxylic acids is 1. The van der Waals surface area contributed by atoms with Gasteiger partial charge in [0.25, 0.3) is 0 Å². The molecule has 3 nitrogen and oxygen atoms in total. The summed E-state index contributed by atoms with van der Waals surface area (Å²) in [7, 11) is 0. The highest BCUT2D eigenvalue weighted by molar-refractivity contribution is 7.80. The molecule has 13 heavy (non-hydrogen) atoms. The molecule has 1 rings (SSSR count). The molecular weight excluding hydrogens is 186 g/mol. The predicted molar refractivity (Wildman–Crippen MR) is 54.8 cm³/mol. The van der Waals surface area contributed by atoms with Crippen molar-refractivity contribution in [1.29, 1.82) is 0 Å². The fourth-order valence-electron chi connectivity index (χ4n) is 1.70. The second kappa shape index (κ2) is 4.86. The number of thiol groups is 1. The van der Waals surface area contributed by atoms with Crippen molar-refractivity contribution in [3.05, 3.63) is 0 Å². The van der Waals surface area contributed by atoms with E-state index in [0.29, 0.717) is 18.8 Å². The topological polar surface area (TPSA) is 40.5 Å². The zero-order chi connectivity index (χ0) is 9.84. The van der Waals surface area contributed by atoms with Gasteiger partial charge in [0, 0.05) is 25.6 Å². The van der Waals surface area contributed by atoms with Crippen LogP contribution >= 0.6 is 12.6 Å². The Hall–Kier alpha value is -0.220. The van der Waals surface area contributed by atoms with Crippen LogP contribution in [0.1, 0.15) is 19.8 Å². The van der Waals surface area contributed by atoms with Gasteiger partial charge < -0.3 is 10.0 Å². The van der Waals surface area contributed by atoms with Crippen LogP contribution in [0.5, 0.6) is 0 Å². The second-order valence-corrected chi connectivity index (χ2v) is 4.03. The Morgan fingerprint density at radius 2 is 2.46 bits per heavy atom. The molecule has 1 N–H and O–H groups in total. The van der Waals surface area contributed by atoms with Gasteiger partial charge in [0.05, 0.1) is 0 Å². The molecule has 1 fully saturated rings. The first-order chi connectivity index (χ1) is 6.19. The molecule has 1 heterocycles. The van der Waals surface area contributed by atoms with Crippen LogP contribution < -0.4 is 0 Å². The molecule has 1 amide bonds. The lowest BCUT2D eigenvalue weighted by Crippen LogP contribution is -2.35. The van der Waals surface area contributed by atoms with E-state index in [-0.39, 0.29) is 18.6 Å². The van der Waals surface area contributed by atoms with Gasteiger partial charge in [-0.1, -0.05) is 0 Å². The monoisotopic (exact) mass is 203 g/mol. The molecule has 0 aliphatic carbocycles. The fourth-order valence-corrected chi connectivity index (χ4v) is 1.94. The molecule has 4 heteroatoms. The summed E-state index contributed by atoms with van der Waals surface area (Å²) in [6, 6.07) is 0.169. The van der Waals surface area contributed by atoms with Crippen molar-refractivity contribution >= 4 is 18.5 Å². The van der Waals surface area contributed by atoms with Crippen molar-refractivity contribution in [2.45, 2.75) is 25.8 Å². The smallest absolute Gasteiger partial charge is 0.223 e. The Kier molecular flexibility index (Phi) is 4.06. The normalized spacial score (nSPS) is 25.3. The zero-order valence-electron chi connectivity index (χ0n) is 7.94. The van der Waals surface area contributed by atoms with E-state index in [1.807, 2.05) is 11.8 Å². The third-order valence-corrected chi connectivity index (χ3v) is 3.09. The maximum Gasteiger partial charge on any atom is 0.223 e. The Balaban J connectivity index is 2.46. The predicted octanol–water partition coefficient (Wildman–Crippen LogP) is 0.536. The van der Waals surface area contributed by atoms with Gasteiger partial charge in [-0.25, -0.2) is 0 Å². The van der Waals surface area contributed by atoms with Gasteiger partial charge in [0.1, 0.15) is 0 Å². The Labute approximate surface area is 84.5 Å². The lowest BCUT2D eigenvalue weighted by Gasteiger charge is -2.23. The lowest BCUT2D eigenvalue weighted by atomic mass is 10.1.